The molecule has 164 valence electrons. The fraction of sp³-hybridized carbons (Fsp3) is 0.400. The number of benzene rings is 1. The van der Waals surface area contributed by atoms with Gasteiger partial charge in [0.25, 0.3) is 0 Å². The molecule has 1 aliphatic rings. The van der Waals surface area contributed by atoms with E-state index < -0.39 is 0 Å². The summed E-state index contributed by atoms with van der Waals surface area (Å²) < 4.78 is 13.2. The van der Waals surface area contributed by atoms with Gasteiger partial charge < -0.3 is 14.0 Å². The first-order valence-electron chi connectivity index (χ1n) is 10.6. The van der Waals surface area contributed by atoms with Crippen LogP contribution in [-0.4, -0.2) is 33.7 Å². The number of esters is 2. The maximum absolute atomic E-state index is 12.5. The average Bonchev–Trinajstić information content (AvgIpc) is 3.13. The molecule has 31 heavy (non-hydrogen) atoms. The molecule has 0 fully saturated rings. The number of carbonyl (C=O) groups excluding carboxylic acids is 2. The van der Waals surface area contributed by atoms with Gasteiger partial charge in [-0.2, -0.15) is 0 Å². The second kappa shape index (κ2) is 10.2. The highest BCUT2D eigenvalue weighted by Crippen LogP contribution is 2.26. The molecule has 1 aliphatic carbocycles. The van der Waals surface area contributed by atoms with Crippen LogP contribution < -0.4 is 0 Å². The van der Waals surface area contributed by atoms with E-state index in [9.17, 15) is 9.59 Å². The lowest BCUT2D eigenvalue weighted by Crippen LogP contribution is -2.24. The lowest BCUT2D eigenvalue weighted by atomic mass is 9.88. The van der Waals surface area contributed by atoms with Crippen LogP contribution in [0.2, 0.25) is 0 Å². The highest BCUT2D eigenvalue weighted by Gasteiger charge is 2.22. The summed E-state index contributed by atoms with van der Waals surface area (Å²) in [6, 6.07) is 4.19. The number of ether oxygens (including phenoxy) is 2. The van der Waals surface area contributed by atoms with Gasteiger partial charge >= 0.3 is 11.9 Å². The Kier molecular flexibility index (Phi) is 7.45. The lowest BCUT2D eigenvalue weighted by molar-refractivity contribution is -0.146. The zero-order valence-electron chi connectivity index (χ0n) is 18.6. The number of hydrogen-bond acceptors (Lipinski definition) is 5. The third kappa shape index (κ3) is 6.41. The zero-order valence-corrected chi connectivity index (χ0v) is 18.6. The molecule has 0 saturated heterocycles. The summed E-state index contributed by atoms with van der Waals surface area (Å²) in [5.41, 5.74) is 5.35. The van der Waals surface area contributed by atoms with E-state index in [0.717, 1.165) is 11.1 Å². The molecular weight excluding hydrogens is 392 g/mol. The minimum absolute atomic E-state index is 0.201. The molecule has 0 saturated carbocycles. The highest BCUT2D eigenvalue weighted by molar-refractivity contribution is 5.86. The first kappa shape index (κ1) is 22.5. The molecule has 1 heterocycles. The summed E-state index contributed by atoms with van der Waals surface area (Å²) in [6.45, 7) is 5.59. The Morgan fingerprint density at radius 3 is 2.13 bits per heavy atom. The first-order chi connectivity index (χ1) is 14.8. The minimum Gasteiger partial charge on any atom is -0.462 e. The predicted molar refractivity (Wildman–Crippen MR) is 119 cm³/mol. The molecular formula is C25H30N2O4. The molecule has 0 bridgehead atoms. The molecule has 0 aliphatic heterocycles. The van der Waals surface area contributed by atoms with Crippen LogP contribution in [0.3, 0.4) is 0 Å². The van der Waals surface area contributed by atoms with Crippen molar-refractivity contribution in [2.75, 3.05) is 0 Å². The van der Waals surface area contributed by atoms with Crippen LogP contribution >= 0.6 is 0 Å². The number of carbonyl (C=O) groups is 2. The number of hydrogen-bond donors (Lipinski definition) is 0. The molecule has 3 rings (SSSR count). The van der Waals surface area contributed by atoms with Crippen LogP contribution in [-0.2, 0) is 39.0 Å². The van der Waals surface area contributed by atoms with Crippen molar-refractivity contribution in [1.29, 1.82) is 0 Å². The summed E-state index contributed by atoms with van der Waals surface area (Å²) >= 11 is 0. The SMILES string of the molecule is CC(=O)OC1C/C=C\CC(OC(=O)/C=C/c2cn(C)cn2)Cc2c(C)ccc(C)c2C1. The first-order valence-corrected chi connectivity index (χ1v) is 10.6. The molecule has 0 radical (unpaired) electrons. The molecule has 0 N–H and O–H groups in total. The molecule has 6 nitrogen and oxygen atoms in total. The van der Waals surface area contributed by atoms with Crippen molar-refractivity contribution in [3.05, 3.63) is 70.8 Å². The maximum atomic E-state index is 12.5. The van der Waals surface area contributed by atoms with Crippen molar-refractivity contribution in [2.24, 2.45) is 7.05 Å². The summed E-state index contributed by atoms with van der Waals surface area (Å²) in [6.07, 6.45) is 12.6. The highest BCUT2D eigenvalue weighted by atomic mass is 16.5. The summed E-state index contributed by atoms with van der Waals surface area (Å²) in [5.74, 6) is -0.653. The standard InChI is InChI=1S/C25H30N2O4/c1-17-9-10-18(2)24-14-22(31-25(29)12-11-20-15-27(4)16-26-20)8-6-5-7-21(13-23(17)24)30-19(3)28/h5-6,9-12,15-16,21-22H,7-8,13-14H2,1-4H3/b6-5-,12-11+. The third-order valence-corrected chi connectivity index (χ3v) is 5.46. The molecule has 0 spiro atoms. The second-order valence-corrected chi connectivity index (χ2v) is 8.10. The summed E-state index contributed by atoms with van der Waals surface area (Å²) in [7, 11) is 1.88. The number of fused-ring (bicyclic) bond motifs is 1. The minimum atomic E-state index is -0.384. The molecule has 2 aromatic rings. The number of imidazole rings is 1. The van der Waals surface area contributed by atoms with E-state index in [1.165, 1.54) is 24.1 Å². The molecule has 2 atom stereocenters. The maximum Gasteiger partial charge on any atom is 0.331 e. The van der Waals surface area contributed by atoms with E-state index in [4.69, 9.17) is 9.47 Å². The van der Waals surface area contributed by atoms with E-state index in [-0.39, 0.29) is 24.1 Å². The molecule has 1 aromatic heterocycles. The summed E-state index contributed by atoms with van der Waals surface area (Å²) in [5, 5.41) is 0. The Morgan fingerprint density at radius 2 is 1.61 bits per heavy atom. The van der Waals surface area contributed by atoms with Gasteiger partial charge in [-0.1, -0.05) is 24.3 Å². The molecule has 0 amide bonds. The van der Waals surface area contributed by atoms with Crippen LogP contribution in [0.15, 0.2) is 42.9 Å². The van der Waals surface area contributed by atoms with Crippen molar-refractivity contribution in [3.63, 3.8) is 0 Å². The van der Waals surface area contributed by atoms with Gasteiger partial charge in [-0.3, -0.25) is 4.79 Å². The van der Waals surface area contributed by atoms with Gasteiger partial charge in [-0.15, -0.1) is 0 Å². The monoisotopic (exact) mass is 422 g/mol. The molecule has 2 unspecified atom stereocenters. The quantitative estimate of drug-likeness (QED) is 0.423. The van der Waals surface area contributed by atoms with Crippen molar-refractivity contribution in [3.8, 4) is 0 Å². The van der Waals surface area contributed by atoms with Crippen LogP contribution in [0.25, 0.3) is 6.08 Å². The van der Waals surface area contributed by atoms with Crippen LogP contribution in [0.4, 0.5) is 0 Å². The summed E-state index contributed by atoms with van der Waals surface area (Å²) in [4.78, 5) is 28.2. The Bertz CT molecular complexity index is 1000. The van der Waals surface area contributed by atoms with Gasteiger partial charge in [0.15, 0.2) is 0 Å². The van der Waals surface area contributed by atoms with E-state index in [0.29, 0.717) is 31.4 Å². The van der Waals surface area contributed by atoms with Crippen molar-refractivity contribution in [2.45, 2.75) is 58.7 Å². The van der Waals surface area contributed by atoms with Gasteiger partial charge in [-0.25, -0.2) is 9.78 Å². The van der Waals surface area contributed by atoms with Gasteiger partial charge in [0.1, 0.15) is 12.2 Å². The number of rotatable bonds is 4. The van der Waals surface area contributed by atoms with Crippen molar-refractivity contribution in [1.82, 2.24) is 9.55 Å². The number of nitrogens with zero attached hydrogens (tertiary/aromatic N) is 2. The van der Waals surface area contributed by atoms with Crippen LogP contribution in [0.5, 0.6) is 0 Å². The lowest BCUT2D eigenvalue weighted by Gasteiger charge is -2.25. The Morgan fingerprint density at radius 1 is 1.03 bits per heavy atom. The number of aryl methyl sites for hydroxylation is 3. The fourth-order valence-electron chi connectivity index (χ4n) is 3.90. The zero-order chi connectivity index (χ0) is 22.4. The van der Waals surface area contributed by atoms with Crippen LogP contribution in [0, 0.1) is 13.8 Å². The fourth-order valence-corrected chi connectivity index (χ4v) is 3.90. The van der Waals surface area contributed by atoms with Crippen molar-refractivity contribution >= 4 is 18.0 Å². The van der Waals surface area contributed by atoms with Gasteiger partial charge in [0, 0.05) is 51.9 Å². The Hall–Kier alpha value is -3.15. The Labute approximate surface area is 183 Å². The number of aromatic nitrogens is 2. The van der Waals surface area contributed by atoms with Gasteiger partial charge in [0.2, 0.25) is 0 Å². The average molecular weight is 423 g/mol. The predicted octanol–water partition coefficient (Wildman–Crippen LogP) is 4.03. The molecule has 6 heteroatoms. The smallest absolute Gasteiger partial charge is 0.331 e. The van der Waals surface area contributed by atoms with E-state index in [2.05, 4.69) is 31.0 Å². The normalized spacial score (nSPS) is 20.1. The van der Waals surface area contributed by atoms with Crippen molar-refractivity contribution < 1.29 is 19.1 Å². The second-order valence-electron chi connectivity index (χ2n) is 8.10. The third-order valence-electron chi connectivity index (χ3n) is 5.46. The van der Waals surface area contributed by atoms with E-state index in [1.807, 2.05) is 30.0 Å². The van der Waals surface area contributed by atoms with Crippen LogP contribution in [0.1, 0.15) is 47.7 Å². The van der Waals surface area contributed by atoms with E-state index >= 15 is 0 Å². The van der Waals surface area contributed by atoms with Gasteiger partial charge in [-0.05, 0) is 42.2 Å². The molecule has 1 aromatic carbocycles. The van der Waals surface area contributed by atoms with Gasteiger partial charge in [0.05, 0.1) is 12.0 Å². The Balaban J connectivity index is 1.81. The largest absolute Gasteiger partial charge is 0.462 e. The topological polar surface area (TPSA) is 70.4 Å². The van der Waals surface area contributed by atoms with E-state index in [1.54, 1.807) is 12.4 Å².